The van der Waals surface area contributed by atoms with E-state index in [1.807, 2.05) is 0 Å². The molecule has 0 amide bonds. The molecule has 1 saturated heterocycles. The monoisotopic (exact) mass is 274 g/mol. The van der Waals surface area contributed by atoms with Crippen LogP contribution < -0.4 is 10.6 Å². The van der Waals surface area contributed by atoms with Gasteiger partial charge < -0.3 is 15.4 Å². The normalized spacial score (nSPS) is 28.0. The van der Waals surface area contributed by atoms with Crippen LogP contribution in [0.2, 0.25) is 0 Å². The summed E-state index contributed by atoms with van der Waals surface area (Å²) >= 11 is 0. The van der Waals surface area contributed by atoms with Crippen molar-refractivity contribution in [3.05, 3.63) is 29.8 Å². The molecule has 0 spiro atoms. The standard InChI is InChI=1S/C17H26N2O/c1-2-15(18)13-7-9-14(10-8-13)19-11-12-20-17-6-4-3-5-16(17)19/h7-10,15-17H,2-6,11-12,18H2,1H3/t15-,16?,17?/m0/s1. The van der Waals surface area contributed by atoms with E-state index < -0.39 is 0 Å². The molecule has 20 heavy (non-hydrogen) atoms. The molecule has 0 radical (unpaired) electrons. The Morgan fingerprint density at radius 3 is 2.75 bits per heavy atom. The first-order valence-corrected chi connectivity index (χ1v) is 8.03. The number of fused-ring (bicyclic) bond motifs is 1. The van der Waals surface area contributed by atoms with Gasteiger partial charge in [0.15, 0.2) is 0 Å². The molecule has 3 heteroatoms. The summed E-state index contributed by atoms with van der Waals surface area (Å²) in [6, 6.07) is 9.59. The summed E-state index contributed by atoms with van der Waals surface area (Å²) < 4.78 is 5.95. The predicted octanol–water partition coefficient (Wildman–Crippen LogP) is 3.24. The average molecular weight is 274 g/mol. The SMILES string of the molecule is CC[C@H](N)c1ccc(N2CCOC3CCCCC32)cc1. The zero-order valence-corrected chi connectivity index (χ0v) is 12.4. The highest BCUT2D eigenvalue weighted by molar-refractivity contribution is 5.49. The first-order valence-electron chi connectivity index (χ1n) is 8.03. The highest BCUT2D eigenvalue weighted by atomic mass is 16.5. The highest BCUT2D eigenvalue weighted by Gasteiger charge is 2.34. The third-order valence-corrected chi connectivity index (χ3v) is 4.82. The Labute approximate surface area is 122 Å². The fraction of sp³-hybridized carbons (Fsp3) is 0.647. The van der Waals surface area contributed by atoms with Crippen LogP contribution in [0.15, 0.2) is 24.3 Å². The smallest absolute Gasteiger partial charge is 0.0779 e. The number of nitrogens with two attached hydrogens (primary N) is 1. The van der Waals surface area contributed by atoms with E-state index in [1.54, 1.807) is 0 Å². The van der Waals surface area contributed by atoms with Crippen LogP contribution in [-0.2, 0) is 4.74 Å². The Kier molecular flexibility index (Phi) is 4.27. The van der Waals surface area contributed by atoms with Gasteiger partial charge in [-0.1, -0.05) is 31.9 Å². The van der Waals surface area contributed by atoms with Crippen molar-refractivity contribution in [3.63, 3.8) is 0 Å². The minimum absolute atomic E-state index is 0.163. The lowest BCUT2D eigenvalue weighted by atomic mass is 9.89. The van der Waals surface area contributed by atoms with Crippen molar-refractivity contribution in [3.8, 4) is 0 Å². The summed E-state index contributed by atoms with van der Waals surface area (Å²) in [5, 5.41) is 0. The van der Waals surface area contributed by atoms with E-state index in [9.17, 15) is 0 Å². The quantitative estimate of drug-likeness (QED) is 0.919. The second-order valence-corrected chi connectivity index (χ2v) is 6.06. The number of ether oxygens (including phenoxy) is 1. The summed E-state index contributed by atoms with van der Waals surface area (Å²) in [6.07, 6.45) is 6.57. The van der Waals surface area contributed by atoms with Crippen molar-refractivity contribution < 1.29 is 4.74 Å². The Hall–Kier alpha value is -1.06. The topological polar surface area (TPSA) is 38.5 Å². The van der Waals surface area contributed by atoms with Crippen LogP contribution in [0.25, 0.3) is 0 Å². The third-order valence-electron chi connectivity index (χ3n) is 4.82. The average Bonchev–Trinajstić information content (AvgIpc) is 2.54. The van der Waals surface area contributed by atoms with Gasteiger partial charge in [-0.05, 0) is 37.0 Å². The molecule has 1 aliphatic heterocycles. The van der Waals surface area contributed by atoms with Gasteiger partial charge in [0.25, 0.3) is 0 Å². The molecule has 110 valence electrons. The maximum Gasteiger partial charge on any atom is 0.0779 e. The highest BCUT2D eigenvalue weighted by Crippen LogP contribution is 2.32. The van der Waals surface area contributed by atoms with Gasteiger partial charge in [0, 0.05) is 18.3 Å². The lowest BCUT2D eigenvalue weighted by molar-refractivity contribution is -0.00867. The summed E-state index contributed by atoms with van der Waals surface area (Å²) in [5.41, 5.74) is 8.67. The van der Waals surface area contributed by atoms with Crippen LogP contribution in [0.3, 0.4) is 0 Å². The molecule has 3 nitrogen and oxygen atoms in total. The number of benzene rings is 1. The summed E-state index contributed by atoms with van der Waals surface area (Å²) in [7, 11) is 0. The Morgan fingerprint density at radius 2 is 2.00 bits per heavy atom. The molecule has 1 saturated carbocycles. The van der Waals surface area contributed by atoms with Crippen LogP contribution >= 0.6 is 0 Å². The van der Waals surface area contributed by atoms with Crippen LogP contribution in [-0.4, -0.2) is 25.3 Å². The zero-order chi connectivity index (χ0) is 13.9. The number of hydrogen-bond acceptors (Lipinski definition) is 3. The lowest BCUT2D eigenvalue weighted by Crippen LogP contribution is -2.52. The fourth-order valence-electron chi connectivity index (χ4n) is 3.57. The molecule has 2 N–H and O–H groups in total. The molecule has 3 rings (SSSR count). The third kappa shape index (κ3) is 2.70. The van der Waals surface area contributed by atoms with E-state index in [2.05, 4.69) is 36.1 Å². The van der Waals surface area contributed by atoms with E-state index >= 15 is 0 Å². The molecule has 1 heterocycles. The molecule has 1 aromatic rings. The molecule has 3 atom stereocenters. The number of nitrogens with zero attached hydrogens (tertiary/aromatic N) is 1. The number of hydrogen-bond donors (Lipinski definition) is 1. The van der Waals surface area contributed by atoms with Crippen molar-refractivity contribution >= 4 is 5.69 Å². The first-order chi connectivity index (χ1) is 9.79. The maximum atomic E-state index is 6.10. The van der Waals surface area contributed by atoms with Crippen LogP contribution in [0.1, 0.15) is 50.6 Å². The van der Waals surface area contributed by atoms with Crippen molar-refractivity contribution in [2.24, 2.45) is 5.73 Å². The van der Waals surface area contributed by atoms with Gasteiger partial charge in [-0.2, -0.15) is 0 Å². The molecular weight excluding hydrogens is 248 g/mol. The molecule has 2 aliphatic rings. The van der Waals surface area contributed by atoms with Gasteiger partial charge in [-0.15, -0.1) is 0 Å². The van der Waals surface area contributed by atoms with Gasteiger partial charge in [-0.3, -0.25) is 0 Å². The molecular formula is C17H26N2O. The van der Waals surface area contributed by atoms with Crippen LogP contribution in [0.4, 0.5) is 5.69 Å². The van der Waals surface area contributed by atoms with Crippen LogP contribution in [0, 0.1) is 0 Å². The Morgan fingerprint density at radius 1 is 1.25 bits per heavy atom. The zero-order valence-electron chi connectivity index (χ0n) is 12.4. The molecule has 1 aliphatic carbocycles. The largest absolute Gasteiger partial charge is 0.374 e. The van der Waals surface area contributed by atoms with Crippen molar-refractivity contribution in [2.45, 2.75) is 57.2 Å². The van der Waals surface area contributed by atoms with E-state index in [1.165, 1.54) is 36.9 Å². The fourth-order valence-corrected chi connectivity index (χ4v) is 3.57. The number of anilines is 1. The lowest BCUT2D eigenvalue weighted by Gasteiger charge is -2.45. The minimum atomic E-state index is 0.163. The summed E-state index contributed by atoms with van der Waals surface area (Å²) in [6.45, 7) is 4.00. The van der Waals surface area contributed by atoms with Crippen molar-refractivity contribution in [2.75, 3.05) is 18.1 Å². The van der Waals surface area contributed by atoms with Gasteiger partial charge >= 0.3 is 0 Å². The molecule has 1 aromatic carbocycles. The first kappa shape index (κ1) is 13.9. The van der Waals surface area contributed by atoms with Gasteiger partial charge in [0.1, 0.15) is 0 Å². The van der Waals surface area contributed by atoms with E-state index in [0.717, 1.165) is 19.6 Å². The summed E-state index contributed by atoms with van der Waals surface area (Å²) in [4.78, 5) is 2.55. The van der Waals surface area contributed by atoms with Gasteiger partial charge in [0.05, 0.1) is 18.8 Å². The minimum Gasteiger partial charge on any atom is -0.374 e. The maximum absolute atomic E-state index is 6.10. The molecule has 2 fully saturated rings. The Bertz CT molecular complexity index is 429. The molecule has 0 aromatic heterocycles. The van der Waals surface area contributed by atoms with E-state index in [0.29, 0.717) is 12.1 Å². The van der Waals surface area contributed by atoms with Crippen molar-refractivity contribution in [1.82, 2.24) is 0 Å². The summed E-state index contributed by atoms with van der Waals surface area (Å²) in [5.74, 6) is 0. The molecule has 0 bridgehead atoms. The van der Waals surface area contributed by atoms with Gasteiger partial charge in [0.2, 0.25) is 0 Å². The second-order valence-electron chi connectivity index (χ2n) is 6.06. The Balaban J connectivity index is 1.77. The number of morpholine rings is 1. The van der Waals surface area contributed by atoms with E-state index in [4.69, 9.17) is 10.5 Å². The predicted molar refractivity (Wildman–Crippen MR) is 83.0 cm³/mol. The van der Waals surface area contributed by atoms with E-state index in [-0.39, 0.29) is 6.04 Å². The van der Waals surface area contributed by atoms with Crippen LogP contribution in [0.5, 0.6) is 0 Å². The number of rotatable bonds is 3. The van der Waals surface area contributed by atoms with Crippen molar-refractivity contribution in [1.29, 1.82) is 0 Å². The second kappa shape index (κ2) is 6.15. The molecule has 2 unspecified atom stereocenters. The van der Waals surface area contributed by atoms with Gasteiger partial charge in [-0.25, -0.2) is 0 Å².